The largest absolute Gasteiger partial charge is 0.319 e. The predicted octanol–water partition coefficient (Wildman–Crippen LogP) is 5.02. The molecular weight excluding hydrogens is 302 g/mol. The molecule has 3 aromatic rings. The molecule has 0 aliphatic carbocycles. The van der Waals surface area contributed by atoms with Crippen molar-refractivity contribution in [3.05, 3.63) is 45.7 Å². The molecule has 0 radical (unpaired) electrons. The minimum atomic E-state index is -0.139. The van der Waals surface area contributed by atoms with E-state index in [-0.39, 0.29) is 11.4 Å². The molecule has 0 saturated heterocycles. The first kappa shape index (κ1) is 14.5. The van der Waals surface area contributed by atoms with E-state index in [2.05, 4.69) is 41.4 Å². The summed E-state index contributed by atoms with van der Waals surface area (Å²) in [5.74, 6) is 0.899. The zero-order chi connectivity index (χ0) is 15.1. The average molecular weight is 320 g/mol. The number of hydrogen-bond donors (Lipinski definition) is 0. The first-order chi connectivity index (χ1) is 9.99. The van der Waals surface area contributed by atoms with Crippen LogP contribution in [0.4, 0.5) is 0 Å². The Balaban J connectivity index is 2.22. The number of alkyl halides is 1. The number of hydrogen-bond acceptors (Lipinski definition) is 3. The Morgan fingerprint density at radius 1 is 1.29 bits per heavy atom. The van der Waals surface area contributed by atoms with Crippen LogP contribution < -0.4 is 0 Å². The highest BCUT2D eigenvalue weighted by Gasteiger charge is 2.22. The fourth-order valence-corrected chi connectivity index (χ4v) is 4.03. The third-order valence-electron chi connectivity index (χ3n) is 3.79. The molecule has 0 saturated carbocycles. The first-order valence-corrected chi connectivity index (χ1v) is 8.27. The normalized spacial score (nSPS) is 14.5. The van der Waals surface area contributed by atoms with E-state index in [4.69, 9.17) is 11.6 Å². The van der Waals surface area contributed by atoms with Gasteiger partial charge in [-0.25, -0.2) is 4.98 Å². The van der Waals surface area contributed by atoms with Crippen LogP contribution in [0.3, 0.4) is 0 Å². The lowest BCUT2D eigenvalue weighted by Gasteiger charge is -2.19. The van der Waals surface area contributed by atoms with Crippen molar-refractivity contribution in [1.82, 2.24) is 14.5 Å². The van der Waals surface area contributed by atoms with Gasteiger partial charge in [0, 0.05) is 16.0 Å². The second kappa shape index (κ2) is 5.43. The van der Waals surface area contributed by atoms with Crippen LogP contribution in [0.25, 0.3) is 11.0 Å². The Hall–Kier alpha value is -1.39. The van der Waals surface area contributed by atoms with Crippen LogP contribution in [0, 0.1) is 13.8 Å². The molecule has 0 N–H and O–H groups in total. The van der Waals surface area contributed by atoms with Crippen molar-refractivity contribution in [3.63, 3.8) is 0 Å². The Morgan fingerprint density at radius 3 is 2.67 bits per heavy atom. The molecule has 2 unspecified atom stereocenters. The standard InChI is InChI=1S/C16H18ClN3S/c1-9-7-13(12(4)21-9)11(3)20-15-5-6-18-8-14(15)19-16(20)10(2)17/h5-8,10-11H,1-4H3. The van der Waals surface area contributed by atoms with E-state index < -0.39 is 0 Å². The number of pyridine rings is 1. The quantitative estimate of drug-likeness (QED) is 0.635. The minimum absolute atomic E-state index is 0.139. The van der Waals surface area contributed by atoms with Crippen LogP contribution in [-0.4, -0.2) is 14.5 Å². The first-order valence-electron chi connectivity index (χ1n) is 7.02. The summed E-state index contributed by atoms with van der Waals surface area (Å²) in [6, 6.07) is 4.48. The molecule has 0 aliphatic rings. The van der Waals surface area contributed by atoms with Gasteiger partial charge in [-0.05, 0) is 45.4 Å². The maximum atomic E-state index is 6.36. The van der Waals surface area contributed by atoms with Crippen molar-refractivity contribution >= 4 is 34.0 Å². The van der Waals surface area contributed by atoms with E-state index in [0.29, 0.717) is 0 Å². The summed E-state index contributed by atoms with van der Waals surface area (Å²) in [4.78, 5) is 11.5. The second-order valence-electron chi connectivity index (χ2n) is 5.36. The number of halogens is 1. The van der Waals surface area contributed by atoms with Crippen LogP contribution in [0.15, 0.2) is 24.5 Å². The summed E-state index contributed by atoms with van der Waals surface area (Å²) in [6.07, 6.45) is 3.61. The molecule has 0 amide bonds. The molecule has 5 heteroatoms. The second-order valence-corrected chi connectivity index (χ2v) is 7.48. The van der Waals surface area contributed by atoms with E-state index in [9.17, 15) is 0 Å². The smallest absolute Gasteiger partial charge is 0.128 e. The summed E-state index contributed by atoms with van der Waals surface area (Å²) in [5, 5.41) is -0.139. The molecule has 0 fully saturated rings. The molecule has 0 spiro atoms. The maximum absolute atomic E-state index is 6.36. The number of aryl methyl sites for hydroxylation is 2. The molecule has 0 aromatic carbocycles. The van der Waals surface area contributed by atoms with Gasteiger partial charge in [-0.15, -0.1) is 22.9 Å². The molecule has 0 aliphatic heterocycles. The molecule has 2 atom stereocenters. The van der Waals surface area contributed by atoms with Crippen LogP contribution >= 0.6 is 22.9 Å². The van der Waals surface area contributed by atoms with E-state index >= 15 is 0 Å². The number of thiophene rings is 1. The average Bonchev–Trinajstić information content (AvgIpc) is 2.98. The van der Waals surface area contributed by atoms with E-state index in [0.717, 1.165) is 16.9 Å². The highest BCUT2D eigenvalue weighted by Crippen LogP contribution is 2.34. The van der Waals surface area contributed by atoms with E-state index in [1.165, 1.54) is 15.3 Å². The van der Waals surface area contributed by atoms with Gasteiger partial charge in [-0.1, -0.05) is 0 Å². The Morgan fingerprint density at radius 2 is 2.05 bits per heavy atom. The summed E-state index contributed by atoms with van der Waals surface area (Å²) in [7, 11) is 0. The lowest BCUT2D eigenvalue weighted by Crippen LogP contribution is -2.11. The highest BCUT2D eigenvalue weighted by atomic mass is 35.5. The van der Waals surface area contributed by atoms with Crippen molar-refractivity contribution in [2.45, 2.75) is 39.1 Å². The van der Waals surface area contributed by atoms with Gasteiger partial charge in [0.25, 0.3) is 0 Å². The van der Waals surface area contributed by atoms with Crippen LogP contribution in [0.1, 0.15) is 46.4 Å². The predicted molar refractivity (Wildman–Crippen MR) is 89.4 cm³/mol. The van der Waals surface area contributed by atoms with Gasteiger partial charge in [0.05, 0.1) is 23.1 Å². The molecule has 3 rings (SSSR count). The van der Waals surface area contributed by atoms with Crippen LogP contribution in [0.5, 0.6) is 0 Å². The van der Waals surface area contributed by atoms with Gasteiger partial charge in [0.15, 0.2) is 0 Å². The number of aromatic nitrogens is 3. The van der Waals surface area contributed by atoms with Crippen LogP contribution in [0.2, 0.25) is 0 Å². The van der Waals surface area contributed by atoms with Gasteiger partial charge in [-0.2, -0.15) is 0 Å². The molecule has 110 valence electrons. The van der Waals surface area contributed by atoms with Crippen molar-refractivity contribution in [1.29, 1.82) is 0 Å². The fourth-order valence-electron chi connectivity index (χ4n) is 2.86. The Bertz CT molecular complexity index is 788. The molecule has 3 heterocycles. The third-order valence-corrected chi connectivity index (χ3v) is 4.97. The lowest BCUT2D eigenvalue weighted by molar-refractivity contribution is 0.617. The van der Waals surface area contributed by atoms with Gasteiger partial charge in [0.1, 0.15) is 11.3 Å². The maximum Gasteiger partial charge on any atom is 0.128 e. The number of fused-ring (bicyclic) bond motifs is 1. The van der Waals surface area contributed by atoms with Gasteiger partial charge < -0.3 is 4.57 Å². The Labute approximate surface area is 133 Å². The number of nitrogens with zero attached hydrogens (tertiary/aromatic N) is 3. The van der Waals surface area contributed by atoms with Crippen LogP contribution in [-0.2, 0) is 0 Å². The molecule has 21 heavy (non-hydrogen) atoms. The molecule has 3 nitrogen and oxygen atoms in total. The fraction of sp³-hybridized carbons (Fsp3) is 0.375. The monoisotopic (exact) mass is 319 g/mol. The van der Waals surface area contributed by atoms with Crippen molar-refractivity contribution in [2.24, 2.45) is 0 Å². The molecule has 0 bridgehead atoms. The zero-order valence-corrected chi connectivity index (χ0v) is 14.2. The topological polar surface area (TPSA) is 30.7 Å². The molecular formula is C16H18ClN3S. The van der Waals surface area contributed by atoms with E-state index in [1.807, 2.05) is 30.5 Å². The van der Waals surface area contributed by atoms with Gasteiger partial charge in [0.2, 0.25) is 0 Å². The highest BCUT2D eigenvalue weighted by molar-refractivity contribution is 7.12. The van der Waals surface area contributed by atoms with Gasteiger partial charge in [-0.3, -0.25) is 4.98 Å². The van der Waals surface area contributed by atoms with Gasteiger partial charge >= 0.3 is 0 Å². The summed E-state index contributed by atoms with van der Waals surface area (Å²) in [6.45, 7) is 8.49. The SMILES string of the molecule is Cc1cc(C(C)n2c(C(C)Cl)nc3cnccc32)c(C)s1. The van der Waals surface area contributed by atoms with E-state index in [1.54, 1.807) is 6.20 Å². The zero-order valence-electron chi connectivity index (χ0n) is 12.6. The Kier molecular flexibility index (Phi) is 3.76. The minimum Gasteiger partial charge on any atom is -0.319 e. The van der Waals surface area contributed by atoms with Crippen molar-refractivity contribution in [3.8, 4) is 0 Å². The summed E-state index contributed by atoms with van der Waals surface area (Å²) >= 11 is 8.19. The third kappa shape index (κ3) is 2.47. The summed E-state index contributed by atoms with van der Waals surface area (Å²) in [5.41, 5.74) is 3.33. The molecule has 3 aromatic heterocycles. The summed E-state index contributed by atoms with van der Waals surface area (Å²) < 4.78 is 2.24. The van der Waals surface area contributed by atoms with Crippen molar-refractivity contribution < 1.29 is 0 Å². The van der Waals surface area contributed by atoms with Crippen molar-refractivity contribution in [2.75, 3.05) is 0 Å². The number of imidazole rings is 1. The number of rotatable bonds is 3. The lowest BCUT2D eigenvalue weighted by atomic mass is 10.1.